The van der Waals surface area contributed by atoms with Gasteiger partial charge >= 0.3 is 0 Å². The number of hydrazone groups is 1. The van der Waals surface area contributed by atoms with Crippen molar-refractivity contribution < 1.29 is 4.74 Å². The second-order valence-corrected chi connectivity index (χ2v) is 5.33. The highest BCUT2D eigenvalue weighted by Gasteiger charge is 2.00. The number of ether oxygens (including phenoxy) is 1. The summed E-state index contributed by atoms with van der Waals surface area (Å²) < 4.78 is 5.84. The van der Waals surface area contributed by atoms with Crippen LogP contribution in [0.5, 0.6) is 5.75 Å². The summed E-state index contributed by atoms with van der Waals surface area (Å²) in [6.45, 7) is 5.01. The Kier molecular flexibility index (Phi) is 6.49. The minimum absolute atomic E-state index is 0.754. The van der Waals surface area contributed by atoms with Gasteiger partial charge in [0.05, 0.1) is 18.5 Å². The Morgan fingerprint density at radius 2 is 1.82 bits per heavy atom. The smallest absolute Gasteiger partial charge is 0.128 e. The predicted molar refractivity (Wildman–Crippen MR) is 93.9 cm³/mol. The van der Waals surface area contributed by atoms with Crippen LogP contribution >= 0.6 is 0 Å². The zero-order valence-electron chi connectivity index (χ0n) is 13.4. The van der Waals surface area contributed by atoms with E-state index in [4.69, 9.17) is 4.74 Å². The van der Waals surface area contributed by atoms with Crippen LogP contribution in [0.1, 0.15) is 37.3 Å². The standard InChI is InChI=1S/C19H24N2O/c1-3-4-7-14-22-19-9-6-5-8-17(19)15-20-21-18-12-10-16(2)11-13-18/h5-6,8-13,15,21H,3-4,7,14H2,1-2H3. The molecule has 0 saturated carbocycles. The van der Waals surface area contributed by atoms with Gasteiger partial charge in [0.25, 0.3) is 0 Å². The molecule has 2 aromatic carbocycles. The number of aryl methyl sites for hydroxylation is 1. The number of hydrogen-bond acceptors (Lipinski definition) is 3. The van der Waals surface area contributed by atoms with E-state index in [1.165, 1.54) is 18.4 Å². The van der Waals surface area contributed by atoms with Gasteiger partial charge in [-0.05, 0) is 37.6 Å². The third kappa shape index (κ3) is 5.24. The Morgan fingerprint density at radius 1 is 1.05 bits per heavy atom. The first-order valence-electron chi connectivity index (χ1n) is 7.87. The lowest BCUT2D eigenvalue weighted by molar-refractivity contribution is 0.306. The second-order valence-electron chi connectivity index (χ2n) is 5.33. The van der Waals surface area contributed by atoms with Crippen molar-refractivity contribution >= 4 is 11.9 Å². The van der Waals surface area contributed by atoms with Crippen LogP contribution in [-0.4, -0.2) is 12.8 Å². The molecule has 3 heteroatoms. The molecule has 3 nitrogen and oxygen atoms in total. The first kappa shape index (κ1) is 16.1. The van der Waals surface area contributed by atoms with Gasteiger partial charge in [-0.15, -0.1) is 0 Å². The summed E-state index contributed by atoms with van der Waals surface area (Å²) in [6, 6.07) is 16.1. The third-order valence-corrected chi connectivity index (χ3v) is 3.37. The van der Waals surface area contributed by atoms with E-state index < -0.39 is 0 Å². The molecule has 0 bridgehead atoms. The van der Waals surface area contributed by atoms with Crippen molar-refractivity contribution in [2.75, 3.05) is 12.0 Å². The van der Waals surface area contributed by atoms with Crippen LogP contribution in [0.15, 0.2) is 53.6 Å². The Labute approximate surface area is 133 Å². The molecule has 0 saturated heterocycles. The molecule has 0 spiro atoms. The van der Waals surface area contributed by atoms with Crippen molar-refractivity contribution in [1.29, 1.82) is 0 Å². The van der Waals surface area contributed by atoms with Gasteiger partial charge < -0.3 is 4.74 Å². The van der Waals surface area contributed by atoms with Crippen LogP contribution in [-0.2, 0) is 0 Å². The summed E-state index contributed by atoms with van der Waals surface area (Å²) in [4.78, 5) is 0. The molecule has 0 unspecified atom stereocenters. The van der Waals surface area contributed by atoms with E-state index in [1.807, 2.05) is 36.4 Å². The van der Waals surface area contributed by atoms with Gasteiger partial charge in [0.2, 0.25) is 0 Å². The summed E-state index contributed by atoms with van der Waals surface area (Å²) in [7, 11) is 0. The molecule has 0 atom stereocenters. The third-order valence-electron chi connectivity index (χ3n) is 3.37. The van der Waals surface area contributed by atoms with Crippen LogP contribution in [0.3, 0.4) is 0 Å². The molecule has 0 radical (unpaired) electrons. The average molecular weight is 296 g/mol. The lowest BCUT2D eigenvalue weighted by atomic mass is 10.2. The normalized spacial score (nSPS) is 10.8. The SMILES string of the molecule is CCCCCOc1ccccc1C=NNc1ccc(C)cc1. The Bertz CT molecular complexity index is 591. The molecule has 2 rings (SSSR count). The molecule has 2 aromatic rings. The van der Waals surface area contributed by atoms with Gasteiger partial charge in [-0.25, -0.2) is 0 Å². The maximum atomic E-state index is 5.84. The first-order chi connectivity index (χ1) is 10.8. The summed E-state index contributed by atoms with van der Waals surface area (Å²) in [5.41, 5.74) is 6.23. The molecule has 0 aliphatic carbocycles. The average Bonchev–Trinajstić information content (AvgIpc) is 2.55. The number of nitrogens with zero attached hydrogens (tertiary/aromatic N) is 1. The molecule has 116 valence electrons. The number of rotatable bonds is 8. The summed E-state index contributed by atoms with van der Waals surface area (Å²) in [5.74, 6) is 0.882. The molecule has 1 N–H and O–H groups in total. The lowest BCUT2D eigenvalue weighted by Crippen LogP contribution is -2.00. The Morgan fingerprint density at radius 3 is 2.59 bits per heavy atom. The highest BCUT2D eigenvalue weighted by molar-refractivity contribution is 5.83. The van der Waals surface area contributed by atoms with Gasteiger partial charge in [0.15, 0.2) is 0 Å². The summed E-state index contributed by atoms with van der Waals surface area (Å²) in [5, 5.41) is 4.29. The van der Waals surface area contributed by atoms with Crippen molar-refractivity contribution in [2.45, 2.75) is 33.1 Å². The molecule has 22 heavy (non-hydrogen) atoms. The minimum Gasteiger partial charge on any atom is -0.493 e. The number of nitrogens with one attached hydrogen (secondary N) is 1. The van der Waals surface area contributed by atoms with Crippen molar-refractivity contribution in [3.05, 3.63) is 59.7 Å². The Hall–Kier alpha value is -2.29. The highest BCUT2D eigenvalue weighted by atomic mass is 16.5. The fourth-order valence-corrected chi connectivity index (χ4v) is 2.06. The molecular weight excluding hydrogens is 272 g/mol. The number of para-hydroxylation sites is 1. The zero-order chi connectivity index (χ0) is 15.6. The quantitative estimate of drug-likeness (QED) is 0.422. The molecule has 0 heterocycles. The van der Waals surface area contributed by atoms with E-state index in [-0.39, 0.29) is 0 Å². The van der Waals surface area contributed by atoms with E-state index >= 15 is 0 Å². The fraction of sp³-hybridized carbons (Fsp3) is 0.316. The molecule has 0 aromatic heterocycles. The predicted octanol–water partition coefficient (Wildman–Crippen LogP) is 5.01. The molecule has 0 aliphatic rings. The Balaban J connectivity index is 1.93. The summed E-state index contributed by atoms with van der Waals surface area (Å²) in [6.07, 6.45) is 5.29. The first-order valence-corrected chi connectivity index (χ1v) is 7.87. The van der Waals surface area contributed by atoms with E-state index in [9.17, 15) is 0 Å². The van der Waals surface area contributed by atoms with Gasteiger partial charge in [0, 0.05) is 5.56 Å². The number of benzene rings is 2. The number of anilines is 1. The van der Waals surface area contributed by atoms with E-state index in [1.54, 1.807) is 6.21 Å². The van der Waals surface area contributed by atoms with Crippen LogP contribution in [0.2, 0.25) is 0 Å². The zero-order valence-corrected chi connectivity index (χ0v) is 13.4. The van der Waals surface area contributed by atoms with E-state index in [0.29, 0.717) is 0 Å². The van der Waals surface area contributed by atoms with Crippen molar-refractivity contribution in [2.24, 2.45) is 5.10 Å². The van der Waals surface area contributed by atoms with Crippen molar-refractivity contribution in [3.8, 4) is 5.75 Å². The molecule has 0 amide bonds. The highest BCUT2D eigenvalue weighted by Crippen LogP contribution is 2.17. The van der Waals surface area contributed by atoms with Crippen molar-refractivity contribution in [1.82, 2.24) is 0 Å². The second kappa shape index (κ2) is 8.88. The summed E-state index contributed by atoms with van der Waals surface area (Å²) >= 11 is 0. The minimum atomic E-state index is 0.754. The van der Waals surface area contributed by atoms with Gasteiger partial charge in [0.1, 0.15) is 5.75 Å². The van der Waals surface area contributed by atoms with Gasteiger partial charge in [-0.2, -0.15) is 5.10 Å². The van der Waals surface area contributed by atoms with Gasteiger partial charge in [-0.3, -0.25) is 5.43 Å². The number of hydrogen-bond donors (Lipinski definition) is 1. The molecule has 0 aliphatic heterocycles. The van der Waals surface area contributed by atoms with Crippen LogP contribution < -0.4 is 10.2 Å². The maximum Gasteiger partial charge on any atom is 0.128 e. The van der Waals surface area contributed by atoms with Crippen LogP contribution in [0.4, 0.5) is 5.69 Å². The molecule has 0 fully saturated rings. The van der Waals surface area contributed by atoms with Crippen LogP contribution in [0, 0.1) is 6.92 Å². The van der Waals surface area contributed by atoms with Crippen molar-refractivity contribution in [3.63, 3.8) is 0 Å². The molecular formula is C19H24N2O. The fourth-order valence-electron chi connectivity index (χ4n) is 2.06. The van der Waals surface area contributed by atoms with Gasteiger partial charge in [-0.1, -0.05) is 49.6 Å². The maximum absolute atomic E-state index is 5.84. The van der Waals surface area contributed by atoms with E-state index in [0.717, 1.165) is 30.0 Å². The number of unbranched alkanes of at least 4 members (excludes halogenated alkanes) is 2. The lowest BCUT2D eigenvalue weighted by Gasteiger charge is -2.08. The topological polar surface area (TPSA) is 33.6 Å². The van der Waals surface area contributed by atoms with E-state index in [2.05, 4.69) is 36.5 Å². The largest absolute Gasteiger partial charge is 0.493 e. The van der Waals surface area contributed by atoms with Crippen LogP contribution in [0.25, 0.3) is 0 Å². The monoisotopic (exact) mass is 296 g/mol.